The fraction of sp³-hybridized carbons (Fsp3) is 0.500. The van der Waals surface area contributed by atoms with Crippen LogP contribution in [0.1, 0.15) is 18.1 Å². The molecule has 0 radical (unpaired) electrons. The normalized spacial score (nSPS) is 12.2. The molecular weight excluding hydrogens is 244 g/mol. The molecule has 1 aromatic carbocycles. The number of hydrogen-bond acceptors (Lipinski definition) is 4. The number of methoxy groups -OCH3 is 1. The van der Waals surface area contributed by atoms with Gasteiger partial charge in [-0.3, -0.25) is 4.79 Å². The van der Waals surface area contributed by atoms with E-state index >= 15 is 0 Å². The van der Waals surface area contributed by atoms with Gasteiger partial charge in [0, 0.05) is 20.2 Å². The second kappa shape index (κ2) is 8.63. The number of hydrogen-bond donors (Lipinski definition) is 3. The maximum Gasteiger partial charge on any atom is 0.236 e. The van der Waals surface area contributed by atoms with E-state index in [-0.39, 0.29) is 18.6 Å². The average molecular weight is 266 g/mol. The second-order valence-corrected chi connectivity index (χ2v) is 4.36. The van der Waals surface area contributed by atoms with Crippen molar-refractivity contribution >= 4 is 5.91 Å². The molecule has 1 amide bonds. The first-order chi connectivity index (χ1) is 9.17. The monoisotopic (exact) mass is 266 g/mol. The van der Waals surface area contributed by atoms with E-state index in [4.69, 9.17) is 9.84 Å². The second-order valence-electron chi connectivity index (χ2n) is 4.36. The van der Waals surface area contributed by atoms with E-state index in [9.17, 15) is 4.79 Å². The van der Waals surface area contributed by atoms with Crippen molar-refractivity contribution in [3.63, 3.8) is 0 Å². The molecule has 0 saturated heterocycles. The molecule has 0 saturated carbocycles. The van der Waals surface area contributed by atoms with Crippen molar-refractivity contribution in [3.05, 3.63) is 35.4 Å². The van der Waals surface area contributed by atoms with Gasteiger partial charge in [0.15, 0.2) is 0 Å². The van der Waals surface area contributed by atoms with Gasteiger partial charge in [0.2, 0.25) is 5.91 Å². The summed E-state index contributed by atoms with van der Waals surface area (Å²) in [6.07, 6.45) is 0. The molecule has 0 aromatic heterocycles. The number of nitrogens with one attached hydrogen (secondary N) is 2. The van der Waals surface area contributed by atoms with Crippen molar-refractivity contribution in [2.75, 3.05) is 20.3 Å². The summed E-state index contributed by atoms with van der Waals surface area (Å²) in [5.41, 5.74) is 1.96. The zero-order chi connectivity index (χ0) is 14.1. The highest BCUT2D eigenvalue weighted by Gasteiger charge is 2.10. The van der Waals surface area contributed by atoms with Gasteiger partial charge in [0.25, 0.3) is 0 Å². The summed E-state index contributed by atoms with van der Waals surface area (Å²) < 4.78 is 4.87. The van der Waals surface area contributed by atoms with Crippen LogP contribution < -0.4 is 10.6 Å². The molecule has 5 heteroatoms. The summed E-state index contributed by atoms with van der Waals surface area (Å²) in [5.74, 6) is -0.0379. The fourth-order valence-electron chi connectivity index (χ4n) is 1.56. The van der Waals surface area contributed by atoms with Gasteiger partial charge in [-0.15, -0.1) is 0 Å². The molecule has 0 aliphatic heterocycles. The zero-order valence-corrected chi connectivity index (χ0v) is 11.5. The van der Waals surface area contributed by atoms with Crippen molar-refractivity contribution in [2.24, 2.45) is 0 Å². The van der Waals surface area contributed by atoms with Crippen LogP contribution in [0.2, 0.25) is 0 Å². The first kappa shape index (κ1) is 15.6. The van der Waals surface area contributed by atoms with Crippen LogP contribution in [0, 0.1) is 0 Å². The van der Waals surface area contributed by atoms with Gasteiger partial charge in [0.1, 0.15) is 0 Å². The van der Waals surface area contributed by atoms with E-state index in [1.54, 1.807) is 7.11 Å². The van der Waals surface area contributed by atoms with Crippen molar-refractivity contribution in [3.8, 4) is 0 Å². The van der Waals surface area contributed by atoms with E-state index < -0.39 is 0 Å². The van der Waals surface area contributed by atoms with Gasteiger partial charge in [-0.25, -0.2) is 0 Å². The lowest BCUT2D eigenvalue weighted by molar-refractivity contribution is -0.122. The minimum atomic E-state index is -0.255. The van der Waals surface area contributed by atoms with E-state index in [1.165, 1.54) is 0 Å². The molecule has 0 aliphatic rings. The molecule has 0 spiro atoms. The third-order valence-electron chi connectivity index (χ3n) is 2.82. The van der Waals surface area contributed by atoms with Crippen molar-refractivity contribution in [1.82, 2.24) is 10.6 Å². The van der Waals surface area contributed by atoms with Crippen LogP contribution >= 0.6 is 0 Å². The lowest BCUT2D eigenvalue weighted by atomic mass is 10.1. The largest absolute Gasteiger partial charge is 0.392 e. The maximum atomic E-state index is 11.7. The fourth-order valence-corrected chi connectivity index (χ4v) is 1.56. The Kier molecular flexibility index (Phi) is 7.10. The van der Waals surface area contributed by atoms with Gasteiger partial charge in [-0.1, -0.05) is 24.3 Å². The number of benzene rings is 1. The standard InChI is InChI=1S/C14H22N2O3/c1-11(14(18)15-7-8-19-2)16-9-12-3-5-13(10-17)6-4-12/h3-6,11,16-17H,7-10H2,1-2H3,(H,15,18). The van der Waals surface area contributed by atoms with Crippen molar-refractivity contribution < 1.29 is 14.6 Å². The van der Waals surface area contributed by atoms with Crippen molar-refractivity contribution in [2.45, 2.75) is 26.1 Å². The predicted octanol–water partition coefficient (Wildman–Crippen LogP) is 0.420. The number of ether oxygens (including phenoxy) is 1. The lowest BCUT2D eigenvalue weighted by Gasteiger charge is -2.14. The Hall–Kier alpha value is -1.43. The summed E-state index contributed by atoms with van der Waals surface area (Å²) >= 11 is 0. The SMILES string of the molecule is COCCNC(=O)C(C)NCc1ccc(CO)cc1. The Morgan fingerprint density at radius 2 is 1.95 bits per heavy atom. The minimum absolute atomic E-state index is 0.0379. The molecule has 1 aromatic rings. The van der Waals surface area contributed by atoms with Gasteiger partial charge >= 0.3 is 0 Å². The van der Waals surface area contributed by atoms with E-state index in [1.807, 2.05) is 31.2 Å². The van der Waals surface area contributed by atoms with Gasteiger partial charge in [-0.2, -0.15) is 0 Å². The summed E-state index contributed by atoms with van der Waals surface area (Å²) in [6, 6.07) is 7.37. The molecule has 0 aliphatic carbocycles. The van der Waals surface area contributed by atoms with Crippen LogP contribution in [0.25, 0.3) is 0 Å². The first-order valence-corrected chi connectivity index (χ1v) is 6.36. The molecule has 3 N–H and O–H groups in total. The molecule has 1 atom stereocenters. The summed E-state index contributed by atoms with van der Waals surface area (Å²) in [4.78, 5) is 11.7. The molecule has 1 rings (SSSR count). The van der Waals surface area contributed by atoms with Crippen molar-refractivity contribution in [1.29, 1.82) is 0 Å². The van der Waals surface area contributed by atoms with Crippen LogP contribution in [0.15, 0.2) is 24.3 Å². The number of amides is 1. The molecule has 19 heavy (non-hydrogen) atoms. The Balaban J connectivity index is 2.32. The Morgan fingerprint density at radius 3 is 2.53 bits per heavy atom. The zero-order valence-electron chi connectivity index (χ0n) is 11.5. The highest BCUT2D eigenvalue weighted by Crippen LogP contribution is 2.04. The average Bonchev–Trinajstić information content (AvgIpc) is 2.45. The summed E-state index contributed by atoms with van der Waals surface area (Å²) in [5, 5.41) is 14.9. The van der Waals surface area contributed by atoms with Gasteiger partial charge < -0.3 is 20.5 Å². The topological polar surface area (TPSA) is 70.6 Å². The highest BCUT2D eigenvalue weighted by atomic mass is 16.5. The smallest absolute Gasteiger partial charge is 0.236 e. The summed E-state index contributed by atoms with van der Waals surface area (Å²) in [6.45, 7) is 3.52. The van der Waals surface area contributed by atoms with E-state index in [0.29, 0.717) is 19.7 Å². The Bertz CT molecular complexity index is 379. The van der Waals surface area contributed by atoms with Crippen LogP contribution in [0.4, 0.5) is 0 Å². The summed E-state index contributed by atoms with van der Waals surface area (Å²) in [7, 11) is 1.60. The number of aliphatic hydroxyl groups excluding tert-OH is 1. The molecule has 5 nitrogen and oxygen atoms in total. The molecule has 1 unspecified atom stereocenters. The van der Waals surface area contributed by atoms with Crippen LogP contribution in [-0.2, 0) is 22.7 Å². The Labute approximate surface area is 114 Å². The highest BCUT2D eigenvalue weighted by molar-refractivity contribution is 5.81. The van der Waals surface area contributed by atoms with Crippen LogP contribution in [0.5, 0.6) is 0 Å². The molecular formula is C14H22N2O3. The van der Waals surface area contributed by atoms with Gasteiger partial charge in [-0.05, 0) is 18.1 Å². The lowest BCUT2D eigenvalue weighted by Crippen LogP contribution is -2.42. The van der Waals surface area contributed by atoms with Crippen LogP contribution in [-0.4, -0.2) is 37.3 Å². The molecule has 106 valence electrons. The number of aliphatic hydroxyl groups is 1. The Morgan fingerprint density at radius 1 is 1.32 bits per heavy atom. The van der Waals surface area contributed by atoms with Gasteiger partial charge in [0.05, 0.1) is 19.3 Å². The molecule has 0 bridgehead atoms. The number of carbonyl (C=O) groups excluding carboxylic acids is 1. The number of rotatable bonds is 8. The first-order valence-electron chi connectivity index (χ1n) is 6.36. The quantitative estimate of drug-likeness (QED) is 0.596. The third-order valence-corrected chi connectivity index (χ3v) is 2.82. The molecule has 0 heterocycles. The van der Waals surface area contributed by atoms with E-state index in [2.05, 4.69) is 10.6 Å². The number of carbonyl (C=O) groups is 1. The molecule has 0 fully saturated rings. The minimum Gasteiger partial charge on any atom is -0.392 e. The maximum absolute atomic E-state index is 11.7. The third kappa shape index (κ3) is 5.83. The predicted molar refractivity (Wildman–Crippen MR) is 73.6 cm³/mol. The van der Waals surface area contributed by atoms with E-state index in [0.717, 1.165) is 11.1 Å². The van der Waals surface area contributed by atoms with Crippen LogP contribution in [0.3, 0.4) is 0 Å².